The summed E-state index contributed by atoms with van der Waals surface area (Å²) in [6.07, 6.45) is 0. The van der Waals surface area contributed by atoms with Crippen LogP contribution in [-0.2, 0) is 10.0 Å². The van der Waals surface area contributed by atoms with Crippen molar-refractivity contribution in [3.63, 3.8) is 0 Å². The molecule has 8 nitrogen and oxygen atoms in total. The molecule has 1 aliphatic heterocycles. The first-order chi connectivity index (χ1) is 12.8. The number of nitro benzene ring substituents is 1. The van der Waals surface area contributed by atoms with Crippen LogP contribution in [0.2, 0.25) is 0 Å². The van der Waals surface area contributed by atoms with Crippen molar-refractivity contribution in [3.8, 4) is 5.75 Å². The molecule has 144 valence electrons. The second kappa shape index (κ2) is 7.49. The lowest BCUT2D eigenvalue weighted by Crippen LogP contribution is -2.48. The molecular formula is C17H18FN3O5S. The summed E-state index contributed by atoms with van der Waals surface area (Å²) in [5, 5.41) is 11.1. The Morgan fingerprint density at radius 3 is 2.37 bits per heavy atom. The Bertz CT molecular complexity index is 959. The summed E-state index contributed by atoms with van der Waals surface area (Å²) in [5.41, 5.74) is 0.0122. The van der Waals surface area contributed by atoms with Crippen LogP contribution in [0, 0.1) is 15.9 Å². The van der Waals surface area contributed by atoms with E-state index in [0.29, 0.717) is 18.8 Å². The maximum absolute atomic E-state index is 13.9. The average Bonchev–Trinajstić information content (AvgIpc) is 2.68. The zero-order chi connectivity index (χ0) is 19.6. The highest BCUT2D eigenvalue weighted by molar-refractivity contribution is 7.89. The first-order valence-electron chi connectivity index (χ1n) is 8.16. The minimum atomic E-state index is -3.91. The molecule has 0 N–H and O–H groups in total. The van der Waals surface area contributed by atoms with Gasteiger partial charge in [-0.2, -0.15) is 4.31 Å². The average molecular weight is 395 g/mol. The molecule has 1 fully saturated rings. The number of methoxy groups -OCH3 is 1. The van der Waals surface area contributed by atoms with Crippen LogP contribution in [0.15, 0.2) is 47.4 Å². The number of hydrogen-bond acceptors (Lipinski definition) is 6. The number of nitrogens with zero attached hydrogens (tertiary/aromatic N) is 3. The van der Waals surface area contributed by atoms with E-state index in [1.54, 1.807) is 23.1 Å². The van der Waals surface area contributed by atoms with Crippen LogP contribution >= 0.6 is 0 Å². The molecule has 0 bridgehead atoms. The smallest absolute Gasteiger partial charge is 0.312 e. The van der Waals surface area contributed by atoms with Gasteiger partial charge < -0.3 is 9.64 Å². The Hall–Kier alpha value is -2.72. The second-order valence-electron chi connectivity index (χ2n) is 5.93. The van der Waals surface area contributed by atoms with Crippen molar-refractivity contribution in [1.29, 1.82) is 0 Å². The summed E-state index contributed by atoms with van der Waals surface area (Å²) in [7, 11) is -2.63. The van der Waals surface area contributed by atoms with Gasteiger partial charge in [-0.05, 0) is 24.3 Å². The van der Waals surface area contributed by atoms with E-state index in [1.807, 2.05) is 0 Å². The molecule has 0 atom stereocenters. The number of piperazine rings is 1. The van der Waals surface area contributed by atoms with E-state index < -0.39 is 20.6 Å². The van der Waals surface area contributed by atoms with Crippen LogP contribution in [-0.4, -0.2) is 50.9 Å². The number of nitro groups is 1. The predicted octanol–water partition coefficient (Wildman–Crippen LogP) is 2.25. The first kappa shape index (κ1) is 19.1. The highest BCUT2D eigenvalue weighted by atomic mass is 32.2. The molecule has 0 aromatic heterocycles. The molecule has 0 spiro atoms. The van der Waals surface area contributed by atoms with Crippen LogP contribution in [0.4, 0.5) is 15.8 Å². The molecule has 1 aliphatic rings. The Labute approximate surface area is 156 Å². The van der Waals surface area contributed by atoms with Crippen molar-refractivity contribution in [1.82, 2.24) is 4.31 Å². The lowest BCUT2D eigenvalue weighted by Gasteiger charge is -2.35. The van der Waals surface area contributed by atoms with Crippen molar-refractivity contribution in [3.05, 3.63) is 58.4 Å². The predicted molar refractivity (Wildman–Crippen MR) is 97.0 cm³/mol. The Balaban J connectivity index is 1.80. The Morgan fingerprint density at radius 2 is 1.78 bits per heavy atom. The zero-order valence-electron chi connectivity index (χ0n) is 14.5. The van der Waals surface area contributed by atoms with Gasteiger partial charge in [0.1, 0.15) is 5.82 Å². The lowest BCUT2D eigenvalue weighted by molar-refractivity contribution is -0.386. The molecule has 27 heavy (non-hydrogen) atoms. The number of benzene rings is 2. The topological polar surface area (TPSA) is 93.0 Å². The maximum Gasteiger partial charge on any atom is 0.312 e. The van der Waals surface area contributed by atoms with Gasteiger partial charge in [-0.3, -0.25) is 10.1 Å². The number of para-hydroxylation sites is 1. The number of hydrogen-bond donors (Lipinski definition) is 0. The fraction of sp³-hybridized carbons (Fsp3) is 0.294. The van der Waals surface area contributed by atoms with Gasteiger partial charge in [0.15, 0.2) is 5.75 Å². The van der Waals surface area contributed by atoms with Gasteiger partial charge in [0.25, 0.3) is 0 Å². The third-order valence-corrected chi connectivity index (χ3v) is 6.31. The van der Waals surface area contributed by atoms with E-state index in [2.05, 4.69) is 0 Å². The van der Waals surface area contributed by atoms with Gasteiger partial charge >= 0.3 is 5.69 Å². The summed E-state index contributed by atoms with van der Waals surface area (Å²) in [4.78, 5) is 12.1. The van der Waals surface area contributed by atoms with Crippen LogP contribution in [0.25, 0.3) is 0 Å². The van der Waals surface area contributed by atoms with Crippen LogP contribution in [0.1, 0.15) is 0 Å². The van der Waals surface area contributed by atoms with Crippen molar-refractivity contribution >= 4 is 21.4 Å². The first-order valence-corrected chi connectivity index (χ1v) is 9.60. The summed E-state index contributed by atoms with van der Waals surface area (Å²) < 4.78 is 45.7. The van der Waals surface area contributed by atoms with Crippen LogP contribution in [0.3, 0.4) is 0 Å². The molecule has 0 radical (unpaired) electrons. The molecule has 0 aliphatic carbocycles. The van der Waals surface area contributed by atoms with E-state index >= 15 is 0 Å². The summed E-state index contributed by atoms with van der Waals surface area (Å²) >= 11 is 0. The normalized spacial score (nSPS) is 15.6. The third-order valence-electron chi connectivity index (χ3n) is 4.42. The second-order valence-corrected chi connectivity index (χ2v) is 7.87. The van der Waals surface area contributed by atoms with E-state index in [0.717, 1.165) is 6.07 Å². The third kappa shape index (κ3) is 3.71. The number of anilines is 1. The monoisotopic (exact) mass is 395 g/mol. The molecular weight excluding hydrogens is 377 g/mol. The standard InChI is InChI=1S/C17H18FN3O5S/c1-26-17-7-6-13(12-16(17)21(22)23)27(24,25)20-10-8-19(9-11-20)15-5-3-2-4-14(15)18/h2-7,12H,8-11H2,1H3. The van der Waals surface area contributed by atoms with E-state index in [1.165, 1.54) is 29.6 Å². The minimum Gasteiger partial charge on any atom is -0.490 e. The molecule has 2 aromatic carbocycles. The quantitative estimate of drug-likeness (QED) is 0.569. The number of rotatable bonds is 5. The Kier molecular flexibility index (Phi) is 5.29. The largest absolute Gasteiger partial charge is 0.490 e. The van der Waals surface area contributed by atoms with Gasteiger partial charge in [-0.15, -0.1) is 0 Å². The van der Waals surface area contributed by atoms with Gasteiger partial charge in [-0.1, -0.05) is 12.1 Å². The molecule has 1 heterocycles. The summed E-state index contributed by atoms with van der Waals surface area (Å²) in [6.45, 7) is 0.934. The van der Waals surface area contributed by atoms with Gasteiger partial charge in [-0.25, -0.2) is 12.8 Å². The van der Waals surface area contributed by atoms with Crippen molar-refractivity contribution in [2.75, 3.05) is 38.2 Å². The van der Waals surface area contributed by atoms with E-state index in [4.69, 9.17) is 4.74 Å². The number of sulfonamides is 1. The molecule has 0 saturated carbocycles. The van der Waals surface area contributed by atoms with Crippen molar-refractivity contribution < 1.29 is 22.5 Å². The summed E-state index contributed by atoms with van der Waals surface area (Å²) in [6, 6.07) is 9.86. The minimum absolute atomic E-state index is 0.0108. The van der Waals surface area contributed by atoms with Gasteiger partial charge in [0.05, 0.1) is 22.6 Å². The molecule has 0 amide bonds. The molecule has 2 aromatic rings. The fourth-order valence-corrected chi connectivity index (χ4v) is 4.44. The van der Waals surface area contributed by atoms with Crippen LogP contribution in [0.5, 0.6) is 5.75 Å². The number of halogens is 1. The molecule has 1 saturated heterocycles. The lowest BCUT2D eigenvalue weighted by atomic mass is 10.2. The summed E-state index contributed by atoms with van der Waals surface area (Å²) in [5.74, 6) is -0.372. The molecule has 10 heteroatoms. The van der Waals surface area contributed by atoms with Gasteiger partial charge in [0, 0.05) is 32.2 Å². The fourth-order valence-electron chi connectivity index (χ4n) is 3.00. The molecule has 3 rings (SSSR count). The van der Waals surface area contributed by atoms with Crippen molar-refractivity contribution in [2.24, 2.45) is 0 Å². The van der Waals surface area contributed by atoms with Crippen LogP contribution < -0.4 is 9.64 Å². The molecule has 0 unspecified atom stereocenters. The highest BCUT2D eigenvalue weighted by Gasteiger charge is 2.31. The number of ether oxygens (including phenoxy) is 1. The van der Waals surface area contributed by atoms with E-state index in [9.17, 15) is 22.9 Å². The Morgan fingerprint density at radius 1 is 1.11 bits per heavy atom. The SMILES string of the molecule is COc1ccc(S(=O)(=O)N2CCN(c3ccccc3F)CC2)cc1[N+](=O)[O-]. The van der Waals surface area contributed by atoms with Gasteiger partial charge in [0.2, 0.25) is 10.0 Å². The van der Waals surface area contributed by atoms with E-state index in [-0.39, 0.29) is 29.6 Å². The maximum atomic E-state index is 13.9. The highest BCUT2D eigenvalue weighted by Crippen LogP contribution is 2.31. The van der Waals surface area contributed by atoms with Crippen molar-refractivity contribution in [2.45, 2.75) is 4.90 Å². The zero-order valence-corrected chi connectivity index (χ0v) is 15.4.